The van der Waals surface area contributed by atoms with Crippen molar-refractivity contribution < 1.29 is 27.4 Å². The van der Waals surface area contributed by atoms with E-state index in [1.54, 1.807) is 6.92 Å². The van der Waals surface area contributed by atoms with E-state index in [2.05, 4.69) is 5.32 Å². The molecule has 2 aromatic rings. The Hall–Kier alpha value is -2.74. The van der Waals surface area contributed by atoms with Crippen molar-refractivity contribution >= 4 is 17.3 Å². The predicted molar refractivity (Wildman–Crippen MR) is 118 cm³/mol. The molecule has 8 heteroatoms. The predicted octanol–water partition coefficient (Wildman–Crippen LogP) is 5.38. The standard InChI is InChI=1S/C24H29F3N2O3/c1-15(2)19-7-5-16(3)13-22(19)32-17(4)23(30)28-20-14-18(24(25,26)27)6-8-21(20)29-9-11-31-12-10-29/h5-8,13-15,17H,9-12H2,1-4H3,(H,28,30)/t17-/m0/s1. The Morgan fingerprint density at radius 1 is 1.09 bits per heavy atom. The van der Waals surface area contributed by atoms with Crippen LogP contribution in [0.15, 0.2) is 36.4 Å². The third-order valence-electron chi connectivity index (χ3n) is 5.40. The van der Waals surface area contributed by atoms with Crippen molar-refractivity contribution in [3.05, 3.63) is 53.1 Å². The second kappa shape index (κ2) is 9.81. The summed E-state index contributed by atoms with van der Waals surface area (Å²) >= 11 is 0. The van der Waals surface area contributed by atoms with Crippen LogP contribution in [0.25, 0.3) is 0 Å². The van der Waals surface area contributed by atoms with Gasteiger partial charge in [-0.2, -0.15) is 13.2 Å². The molecule has 1 aliphatic heterocycles. The summed E-state index contributed by atoms with van der Waals surface area (Å²) in [6.07, 6.45) is -5.42. The van der Waals surface area contributed by atoms with E-state index in [0.717, 1.165) is 23.3 Å². The second-order valence-corrected chi connectivity index (χ2v) is 8.27. The van der Waals surface area contributed by atoms with Crippen molar-refractivity contribution in [2.75, 3.05) is 36.5 Å². The second-order valence-electron chi connectivity index (χ2n) is 8.27. The minimum atomic E-state index is -4.52. The number of hydrogen-bond acceptors (Lipinski definition) is 4. The minimum absolute atomic E-state index is 0.107. The number of amides is 1. The van der Waals surface area contributed by atoms with Crippen molar-refractivity contribution in [1.82, 2.24) is 0 Å². The van der Waals surface area contributed by atoms with E-state index >= 15 is 0 Å². The molecule has 0 radical (unpaired) electrons. The number of alkyl halides is 3. The number of nitrogens with zero attached hydrogens (tertiary/aromatic N) is 1. The molecule has 5 nitrogen and oxygen atoms in total. The van der Waals surface area contributed by atoms with Gasteiger partial charge in [0.2, 0.25) is 0 Å². The van der Waals surface area contributed by atoms with Gasteiger partial charge in [-0.25, -0.2) is 0 Å². The fourth-order valence-corrected chi connectivity index (χ4v) is 3.59. The first-order valence-corrected chi connectivity index (χ1v) is 10.7. The lowest BCUT2D eigenvalue weighted by atomic mass is 10.0. The van der Waals surface area contributed by atoms with Crippen LogP contribution in [0.1, 0.15) is 43.4 Å². The molecule has 0 aromatic heterocycles. The van der Waals surface area contributed by atoms with Crippen molar-refractivity contribution in [2.24, 2.45) is 0 Å². The summed E-state index contributed by atoms with van der Waals surface area (Å²) in [5.41, 5.74) is 1.77. The van der Waals surface area contributed by atoms with E-state index in [1.165, 1.54) is 6.07 Å². The molecule has 0 bridgehead atoms. The molecule has 2 aromatic carbocycles. The molecule has 0 saturated carbocycles. The minimum Gasteiger partial charge on any atom is -0.481 e. The molecular weight excluding hydrogens is 421 g/mol. The van der Waals surface area contributed by atoms with Crippen molar-refractivity contribution in [1.29, 1.82) is 0 Å². The van der Waals surface area contributed by atoms with Gasteiger partial charge in [-0.05, 0) is 55.2 Å². The normalized spacial score (nSPS) is 15.6. The van der Waals surface area contributed by atoms with Gasteiger partial charge in [-0.1, -0.05) is 26.0 Å². The summed E-state index contributed by atoms with van der Waals surface area (Å²) in [5.74, 6) is 0.271. The zero-order chi connectivity index (χ0) is 23.5. The number of hydrogen-bond donors (Lipinski definition) is 1. The SMILES string of the molecule is Cc1ccc(C(C)C)c(O[C@@H](C)C(=O)Nc2cc(C(F)(F)F)ccc2N2CCOCC2)c1. The highest BCUT2D eigenvalue weighted by molar-refractivity contribution is 5.97. The lowest BCUT2D eigenvalue weighted by Gasteiger charge is -2.31. The molecule has 1 N–H and O–H groups in total. The largest absolute Gasteiger partial charge is 0.481 e. The molecule has 3 rings (SSSR count). The number of anilines is 2. The van der Waals surface area contributed by atoms with Gasteiger partial charge in [0.25, 0.3) is 5.91 Å². The molecule has 1 aliphatic rings. The molecule has 0 aliphatic carbocycles. The zero-order valence-corrected chi connectivity index (χ0v) is 18.8. The summed E-state index contributed by atoms with van der Waals surface area (Å²) in [6, 6.07) is 9.20. The van der Waals surface area contributed by atoms with Crippen LogP contribution in [-0.4, -0.2) is 38.3 Å². The van der Waals surface area contributed by atoms with Crippen LogP contribution in [0.4, 0.5) is 24.5 Å². The Kier molecular flexibility index (Phi) is 7.33. The fraction of sp³-hybridized carbons (Fsp3) is 0.458. The van der Waals surface area contributed by atoms with Crippen LogP contribution < -0.4 is 15.0 Å². The topological polar surface area (TPSA) is 50.8 Å². The number of ether oxygens (including phenoxy) is 2. The number of carbonyl (C=O) groups excluding carboxylic acids is 1. The summed E-state index contributed by atoms with van der Waals surface area (Å²) in [5, 5.41) is 2.66. The van der Waals surface area contributed by atoms with Crippen LogP contribution >= 0.6 is 0 Å². The van der Waals surface area contributed by atoms with Gasteiger partial charge in [-0.15, -0.1) is 0 Å². The third-order valence-corrected chi connectivity index (χ3v) is 5.40. The number of aryl methyl sites for hydroxylation is 1. The van der Waals surface area contributed by atoms with E-state index in [0.29, 0.717) is 37.7 Å². The van der Waals surface area contributed by atoms with Crippen LogP contribution in [0.5, 0.6) is 5.75 Å². The highest BCUT2D eigenvalue weighted by Gasteiger charge is 2.32. The Morgan fingerprint density at radius 3 is 2.41 bits per heavy atom. The van der Waals surface area contributed by atoms with E-state index in [4.69, 9.17) is 9.47 Å². The van der Waals surface area contributed by atoms with Crippen molar-refractivity contribution in [3.63, 3.8) is 0 Å². The van der Waals surface area contributed by atoms with E-state index < -0.39 is 23.8 Å². The molecule has 1 saturated heterocycles. The van der Waals surface area contributed by atoms with Crippen LogP contribution in [0.3, 0.4) is 0 Å². The maximum absolute atomic E-state index is 13.3. The molecule has 1 fully saturated rings. The number of rotatable bonds is 6. The molecule has 174 valence electrons. The van der Waals surface area contributed by atoms with Gasteiger partial charge in [0.1, 0.15) is 5.75 Å². The molecule has 1 heterocycles. The van der Waals surface area contributed by atoms with Crippen LogP contribution in [0.2, 0.25) is 0 Å². The van der Waals surface area contributed by atoms with Gasteiger partial charge in [0, 0.05) is 13.1 Å². The summed E-state index contributed by atoms with van der Waals surface area (Å²) in [6.45, 7) is 9.57. The monoisotopic (exact) mass is 450 g/mol. The first kappa shape index (κ1) is 23.9. The lowest BCUT2D eigenvalue weighted by molar-refractivity contribution is -0.137. The maximum Gasteiger partial charge on any atom is 0.416 e. The zero-order valence-electron chi connectivity index (χ0n) is 18.8. The third kappa shape index (κ3) is 5.73. The van der Waals surface area contributed by atoms with Crippen molar-refractivity contribution in [3.8, 4) is 5.75 Å². The average molecular weight is 451 g/mol. The summed E-state index contributed by atoms with van der Waals surface area (Å²) in [4.78, 5) is 14.8. The quantitative estimate of drug-likeness (QED) is 0.642. The number of nitrogens with one attached hydrogen (secondary N) is 1. The lowest BCUT2D eigenvalue weighted by Crippen LogP contribution is -2.37. The van der Waals surface area contributed by atoms with Gasteiger partial charge in [0.15, 0.2) is 6.10 Å². The first-order chi connectivity index (χ1) is 15.1. The van der Waals surface area contributed by atoms with E-state index in [1.807, 2.05) is 43.9 Å². The summed E-state index contributed by atoms with van der Waals surface area (Å²) < 4.78 is 51.2. The Bertz CT molecular complexity index is 954. The number of halogens is 3. The Balaban J connectivity index is 1.85. The van der Waals surface area contributed by atoms with Gasteiger partial charge >= 0.3 is 6.18 Å². The average Bonchev–Trinajstić information content (AvgIpc) is 2.73. The van der Waals surface area contributed by atoms with Gasteiger partial charge in [0.05, 0.1) is 30.2 Å². The van der Waals surface area contributed by atoms with Crippen molar-refractivity contribution in [2.45, 2.75) is 45.9 Å². The number of carbonyl (C=O) groups is 1. The summed E-state index contributed by atoms with van der Waals surface area (Å²) in [7, 11) is 0. The van der Waals surface area contributed by atoms with Crippen LogP contribution in [-0.2, 0) is 15.7 Å². The first-order valence-electron chi connectivity index (χ1n) is 10.7. The maximum atomic E-state index is 13.3. The highest BCUT2D eigenvalue weighted by Crippen LogP contribution is 2.36. The smallest absolute Gasteiger partial charge is 0.416 e. The Morgan fingerprint density at radius 2 is 1.78 bits per heavy atom. The highest BCUT2D eigenvalue weighted by atomic mass is 19.4. The molecule has 1 atom stereocenters. The Labute approximate surface area is 186 Å². The van der Waals surface area contributed by atoms with Crippen LogP contribution in [0, 0.1) is 6.92 Å². The van der Waals surface area contributed by atoms with E-state index in [9.17, 15) is 18.0 Å². The molecule has 0 spiro atoms. The molecule has 1 amide bonds. The van der Waals surface area contributed by atoms with Gasteiger partial charge < -0.3 is 19.7 Å². The van der Waals surface area contributed by atoms with E-state index in [-0.39, 0.29) is 11.6 Å². The number of benzene rings is 2. The fourth-order valence-electron chi connectivity index (χ4n) is 3.59. The molecular formula is C24H29F3N2O3. The molecule has 0 unspecified atom stereocenters. The molecule has 32 heavy (non-hydrogen) atoms. The number of morpholine rings is 1. The van der Waals surface area contributed by atoms with Gasteiger partial charge in [-0.3, -0.25) is 4.79 Å².